The molecule has 0 unspecified atom stereocenters. The Hall–Kier alpha value is -1.97. The fourth-order valence-electron chi connectivity index (χ4n) is 1.06. The van der Waals surface area contributed by atoms with Crippen LogP contribution < -0.4 is 5.32 Å². The van der Waals surface area contributed by atoms with Crippen molar-refractivity contribution in [2.24, 2.45) is 0 Å². The van der Waals surface area contributed by atoms with Crippen LogP contribution in [0.3, 0.4) is 0 Å². The van der Waals surface area contributed by atoms with Crippen LogP contribution in [0.5, 0.6) is 5.75 Å². The van der Waals surface area contributed by atoms with Gasteiger partial charge in [0.2, 0.25) is 0 Å². The zero-order chi connectivity index (χ0) is 11.1. The molecule has 0 fully saturated rings. The van der Waals surface area contributed by atoms with Crippen LogP contribution in [0.15, 0.2) is 18.2 Å². The molecule has 1 aromatic carbocycles. The zero-order valence-corrected chi connectivity index (χ0v) is 8.54. The Kier molecular flexibility index (Phi) is 4.22. The van der Waals surface area contributed by atoms with Gasteiger partial charge in [-0.2, -0.15) is 5.26 Å². The molecular formula is C12H12N2O. The lowest BCUT2D eigenvalue weighted by molar-refractivity contribution is 0.473. The number of rotatable bonds is 2. The summed E-state index contributed by atoms with van der Waals surface area (Å²) in [5.74, 6) is 5.86. The van der Waals surface area contributed by atoms with Gasteiger partial charge < -0.3 is 10.4 Å². The third-order valence-corrected chi connectivity index (χ3v) is 1.85. The van der Waals surface area contributed by atoms with E-state index in [9.17, 15) is 5.11 Å². The van der Waals surface area contributed by atoms with Crippen molar-refractivity contribution in [1.82, 2.24) is 5.32 Å². The summed E-state index contributed by atoms with van der Waals surface area (Å²) in [6.07, 6.45) is 0.761. The molecule has 0 bridgehead atoms. The Balaban J connectivity index is 2.75. The molecule has 15 heavy (non-hydrogen) atoms. The van der Waals surface area contributed by atoms with Crippen LogP contribution >= 0.6 is 0 Å². The van der Waals surface area contributed by atoms with E-state index in [1.807, 2.05) is 13.1 Å². The Bertz CT molecular complexity index is 435. The molecule has 0 heterocycles. The van der Waals surface area contributed by atoms with Crippen molar-refractivity contribution in [3.63, 3.8) is 0 Å². The number of nitriles is 1. The molecular weight excluding hydrogens is 188 g/mol. The van der Waals surface area contributed by atoms with Crippen molar-refractivity contribution < 1.29 is 5.11 Å². The molecule has 1 rings (SSSR count). The van der Waals surface area contributed by atoms with Gasteiger partial charge in [-0.3, -0.25) is 0 Å². The van der Waals surface area contributed by atoms with Gasteiger partial charge in [-0.25, -0.2) is 0 Å². The minimum absolute atomic E-state index is 0.0158. The largest absolute Gasteiger partial charge is 0.507 e. The van der Waals surface area contributed by atoms with Gasteiger partial charge in [0.1, 0.15) is 11.8 Å². The smallest absolute Gasteiger partial charge is 0.134 e. The molecule has 0 spiro atoms. The fourth-order valence-corrected chi connectivity index (χ4v) is 1.06. The van der Waals surface area contributed by atoms with E-state index in [0.29, 0.717) is 0 Å². The summed E-state index contributed by atoms with van der Waals surface area (Å²) in [5.41, 5.74) is 0.998. The molecule has 0 atom stereocenters. The average molecular weight is 200 g/mol. The van der Waals surface area contributed by atoms with Crippen LogP contribution in [-0.2, 0) is 0 Å². The van der Waals surface area contributed by atoms with Crippen LogP contribution in [0.2, 0.25) is 0 Å². The number of nitrogens with one attached hydrogen (secondary N) is 1. The predicted molar refractivity (Wildman–Crippen MR) is 58.2 cm³/mol. The van der Waals surface area contributed by atoms with Crippen molar-refractivity contribution in [2.45, 2.75) is 6.42 Å². The van der Waals surface area contributed by atoms with E-state index in [0.717, 1.165) is 18.5 Å². The molecule has 0 saturated carbocycles. The molecule has 0 radical (unpaired) electrons. The summed E-state index contributed by atoms with van der Waals surface area (Å²) in [5, 5.41) is 21.0. The first-order valence-electron chi connectivity index (χ1n) is 4.64. The van der Waals surface area contributed by atoms with E-state index >= 15 is 0 Å². The number of aromatic hydroxyl groups is 1. The highest BCUT2D eigenvalue weighted by Crippen LogP contribution is 2.16. The number of phenols is 1. The number of hydrogen-bond acceptors (Lipinski definition) is 3. The summed E-state index contributed by atoms with van der Waals surface area (Å²) in [4.78, 5) is 0. The molecule has 0 aliphatic rings. The molecule has 1 aromatic rings. The van der Waals surface area contributed by atoms with E-state index in [2.05, 4.69) is 17.2 Å². The average Bonchev–Trinajstić information content (AvgIpc) is 2.25. The number of phenolic OH excluding ortho intramolecular Hbond substituents is 1. The number of hydrogen-bond donors (Lipinski definition) is 2. The minimum Gasteiger partial charge on any atom is -0.507 e. The van der Waals surface area contributed by atoms with Gasteiger partial charge in [0.05, 0.1) is 5.56 Å². The molecule has 2 N–H and O–H groups in total. The second kappa shape index (κ2) is 5.70. The van der Waals surface area contributed by atoms with Crippen molar-refractivity contribution in [3.05, 3.63) is 29.3 Å². The second-order valence-corrected chi connectivity index (χ2v) is 3.00. The van der Waals surface area contributed by atoms with Crippen LogP contribution in [0, 0.1) is 23.2 Å². The fraction of sp³-hybridized carbons (Fsp3) is 0.250. The Labute approximate surface area is 89.4 Å². The highest BCUT2D eigenvalue weighted by atomic mass is 16.3. The normalized spacial score (nSPS) is 8.80. The summed E-state index contributed by atoms with van der Waals surface area (Å²) in [6, 6.07) is 6.69. The second-order valence-electron chi connectivity index (χ2n) is 3.00. The molecule has 0 aromatic heterocycles. The van der Waals surface area contributed by atoms with Gasteiger partial charge in [-0.1, -0.05) is 11.8 Å². The Morgan fingerprint density at radius 1 is 1.47 bits per heavy atom. The highest BCUT2D eigenvalue weighted by molar-refractivity contribution is 5.48. The monoisotopic (exact) mass is 200 g/mol. The summed E-state index contributed by atoms with van der Waals surface area (Å²) >= 11 is 0. The maximum atomic E-state index is 9.39. The minimum atomic E-state index is -0.0158. The van der Waals surface area contributed by atoms with Gasteiger partial charge in [0, 0.05) is 18.5 Å². The van der Waals surface area contributed by atoms with E-state index in [1.54, 1.807) is 12.1 Å². The maximum absolute atomic E-state index is 9.39. The van der Waals surface area contributed by atoms with Crippen LogP contribution in [-0.4, -0.2) is 18.7 Å². The van der Waals surface area contributed by atoms with Crippen LogP contribution in [0.4, 0.5) is 0 Å². The summed E-state index contributed by atoms with van der Waals surface area (Å²) in [6.45, 7) is 0.843. The van der Waals surface area contributed by atoms with E-state index in [4.69, 9.17) is 5.26 Å². The quantitative estimate of drug-likeness (QED) is 0.557. The molecule has 0 aliphatic carbocycles. The van der Waals surface area contributed by atoms with Gasteiger partial charge in [-0.05, 0) is 25.2 Å². The van der Waals surface area contributed by atoms with Crippen molar-refractivity contribution in [2.75, 3.05) is 13.6 Å². The van der Waals surface area contributed by atoms with Gasteiger partial charge >= 0.3 is 0 Å². The zero-order valence-electron chi connectivity index (χ0n) is 8.54. The lowest BCUT2D eigenvalue weighted by Gasteiger charge is -1.95. The standard InChI is InChI=1S/C12H12N2O/c1-14-7-3-2-4-10-5-6-11(9-13)12(15)8-10/h5-6,8,14-15H,3,7H2,1H3. The number of benzene rings is 1. The predicted octanol–water partition coefficient (Wildman–Crippen LogP) is 1.22. The Morgan fingerprint density at radius 2 is 2.27 bits per heavy atom. The van der Waals surface area contributed by atoms with Crippen molar-refractivity contribution in [1.29, 1.82) is 5.26 Å². The SMILES string of the molecule is CNCCC#Cc1ccc(C#N)c(O)c1. The topological polar surface area (TPSA) is 56.0 Å². The third kappa shape index (κ3) is 3.34. The van der Waals surface area contributed by atoms with Gasteiger partial charge in [0.15, 0.2) is 0 Å². The maximum Gasteiger partial charge on any atom is 0.134 e. The van der Waals surface area contributed by atoms with Crippen LogP contribution in [0.25, 0.3) is 0 Å². The first-order valence-corrected chi connectivity index (χ1v) is 4.64. The summed E-state index contributed by atoms with van der Waals surface area (Å²) in [7, 11) is 1.87. The van der Waals surface area contributed by atoms with E-state index < -0.39 is 0 Å². The molecule has 76 valence electrons. The molecule has 0 saturated heterocycles. The van der Waals surface area contributed by atoms with Gasteiger partial charge in [0.25, 0.3) is 0 Å². The molecule has 3 nitrogen and oxygen atoms in total. The number of nitrogens with zero attached hydrogens (tertiary/aromatic N) is 1. The highest BCUT2D eigenvalue weighted by Gasteiger charge is 1.98. The van der Waals surface area contributed by atoms with Crippen molar-refractivity contribution >= 4 is 0 Å². The third-order valence-electron chi connectivity index (χ3n) is 1.85. The van der Waals surface area contributed by atoms with Gasteiger partial charge in [-0.15, -0.1) is 0 Å². The van der Waals surface area contributed by atoms with E-state index in [1.165, 1.54) is 6.07 Å². The molecule has 0 aliphatic heterocycles. The Morgan fingerprint density at radius 3 is 2.87 bits per heavy atom. The first kappa shape index (κ1) is 11.1. The van der Waals surface area contributed by atoms with Crippen LogP contribution in [0.1, 0.15) is 17.5 Å². The summed E-state index contributed by atoms with van der Waals surface area (Å²) < 4.78 is 0. The van der Waals surface area contributed by atoms with Crippen molar-refractivity contribution in [3.8, 4) is 23.7 Å². The van der Waals surface area contributed by atoms with E-state index in [-0.39, 0.29) is 11.3 Å². The molecule has 0 amide bonds. The first-order chi connectivity index (χ1) is 7.27. The lowest BCUT2D eigenvalue weighted by Crippen LogP contribution is -2.05. The molecule has 3 heteroatoms. The lowest BCUT2D eigenvalue weighted by atomic mass is 10.1.